The summed E-state index contributed by atoms with van der Waals surface area (Å²) in [6, 6.07) is 0. The molecule has 49 heavy (non-hydrogen) atoms. The minimum atomic E-state index is -0.319. The second-order valence-electron chi connectivity index (χ2n) is 15.8. The second-order valence-corrected chi connectivity index (χ2v) is 15.8. The molecule has 0 fully saturated rings. The molecule has 0 heterocycles. The topological polar surface area (TPSA) is 43.4 Å². The fourth-order valence-electron chi connectivity index (χ4n) is 7.28. The maximum atomic E-state index is 12.0. The Hall–Kier alpha value is -0.860. The number of ether oxygens (including phenoxy) is 1. The fraction of sp³-hybridized carbons (Fsp3) is 0.957. The summed E-state index contributed by atoms with van der Waals surface area (Å²) < 4.78 is 5.05. The van der Waals surface area contributed by atoms with Crippen molar-refractivity contribution in [3.05, 3.63) is 0 Å². The summed E-state index contributed by atoms with van der Waals surface area (Å²) in [7, 11) is 0. The minimum Gasteiger partial charge on any atom is -0.393 e. The molecule has 0 unspecified atom stereocenters. The standard InChI is InChI=1S/C46H90O3/c1-3-5-7-9-11-13-15-17-19-21-23-25-27-29-31-33-35-37-39-41-43-45(47)49-46(48)44-42-40-38-36-34-32-30-28-26-24-22-20-18-16-14-12-10-8-6-4-2/h3-44H2,1-2H3. The Morgan fingerprint density at radius 2 is 0.388 bits per heavy atom. The van der Waals surface area contributed by atoms with Crippen LogP contribution < -0.4 is 0 Å². The van der Waals surface area contributed by atoms with Gasteiger partial charge >= 0.3 is 11.9 Å². The van der Waals surface area contributed by atoms with Crippen LogP contribution in [-0.2, 0) is 14.3 Å². The van der Waals surface area contributed by atoms with E-state index in [9.17, 15) is 9.59 Å². The van der Waals surface area contributed by atoms with Crippen LogP contribution in [0, 0.1) is 0 Å². The largest absolute Gasteiger partial charge is 0.393 e. The summed E-state index contributed by atoms with van der Waals surface area (Å²) in [5.41, 5.74) is 0. The predicted molar refractivity (Wildman–Crippen MR) is 216 cm³/mol. The van der Waals surface area contributed by atoms with Gasteiger partial charge in [0.2, 0.25) is 0 Å². The van der Waals surface area contributed by atoms with E-state index in [2.05, 4.69) is 13.8 Å². The van der Waals surface area contributed by atoms with E-state index in [1.807, 2.05) is 0 Å². The number of unbranched alkanes of at least 4 members (excludes halogenated alkanes) is 38. The Kier molecular flexibility index (Phi) is 42.5. The Morgan fingerprint density at radius 1 is 0.245 bits per heavy atom. The third kappa shape index (κ3) is 43.2. The van der Waals surface area contributed by atoms with Crippen LogP contribution in [0.25, 0.3) is 0 Å². The number of esters is 2. The number of carbonyl (C=O) groups excluding carboxylic acids is 2. The van der Waals surface area contributed by atoms with Crippen molar-refractivity contribution in [2.24, 2.45) is 0 Å². The van der Waals surface area contributed by atoms with Gasteiger partial charge in [-0.15, -0.1) is 0 Å². The number of hydrogen-bond acceptors (Lipinski definition) is 3. The molecule has 3 heteroatoms. The van der Waals surface area contributed by atoms with Crippen molar-refractivity contribution in [1.82, 2.24) is 0 Å². The lowest BCUT2D eigenvalue weighted by molar-refractivity contribution is -0.159. The van der Waals surface area contributed by atoms with Gasteiger partial charge in [0.25, 0.3) is 0 Å². The van der Waals surface area contributed by atoms with Crippen molar-refractivity contribution in [2.45, 2.75) is 284 Å². The summed E-state index contributed by atoms with van der Waals surface area (Å²) >= 11 is 0. The van der Waals surface area contributed by atoms with Gasteiger partial charge in [0, 0.05) is 12.8 Å². The predicted octanol–water partition coefficient (Wildman–Crippen LogP) is 16.5. The minimum absolute atomic E-state index is 0.319. The molecule has 0 aliphatic heterocycles. The lowest BCUT2D eigenvalue weighted by Crippen LogP contribution is -2.11. The first kappa shape index (κ1) is 48.1. The molecule has 0 N–H and O–H groups in total. The summed E-state index contributed by atoms with van der Waals surface area (Å²) in [5, 5.41) is 0. The molecule has 0 saturated heterocycles. The normalized spacial score (nSPS) is 11.4. The summed E-state index contributed by atoms with van der Waals surface area (Å²) in [5.74, 6) is -0.638. The molecule has 0 aliphatic carbocycles. The quantitative estimate of drug-likeness (QED) is 0.0364. The average molecular weight is 691 g/mol. The van der Waals surface area contributed by atoms with E-state index < -0.39 is 0 Å². The fourth-order valence-corrected chi connectivity index (χ4v) is 7.28. The molecule has 292 valence electrons. The van der Waals surface area contributed by atoms with Crippen LogP contribution in [0.15, 0.2) is 0 Å². The molecule has 0 amide bonds. The lowest BCUT2D eigenvalue weighted by atomic mass is 10.0. The molecule has 0 aliphatic rings. The smallest absolute Gasteiger partial charge is 0.313 e. The van der Waals surface area contributed by atoms with E-state index in [4.69, 9.17) is 4.74 Å². The number of rotatable bonds is 42. The van der Waals surface area contributed by atoms with E-state index in [-0.39, 0.29) is 11.9 Å². The first-order valence-electron chi connectivity index (χ1n) is 22.9. The van der Waals surface area contributed by atoms with Crippen LogP contribution in [0.2, 0.25) is 0 Å². The van der Waals surface area contributed by atoms with Crippen molar-refractivity contribution < 1.29 is 14.3 Å². The van der Waals surface area contributed by atoms with E-state index >= 15 is 0 Å². The SMILES string of the molecule is CCCCCCCCCCCCCCCCCCCCCCC(=O)OC(=O)CCCCCCCCCCCCCCCCCCCCCC. The van der Waals surface area contributed by atoms with E-state index in [0.717, 1.165) is 25.7 Å². The molecular formula is C46H90O3. The van der Waals surface area contributed by atoms with Crippen LogP contribution >= 0.6 is 0 Å². The third-order valence-electron chi connectivity index (χ3n) is 10.7. The molecule has 0 aromatic carbocycles. The Bertz CT molecular complexity index is 590. The van der Waals surface area contributed by atoms with Crippen LogP contribution in [0.4, 0.5) is 0 Å². The molecule has 0 saturated carbocycles. The van der Waals surface area contributed by atoms with Gasteiger partial charge in [-0.25, -0.2) is 0 Å². The Labute approximate surface area is 309 Å². The van der Waals surface area contributed by atoms with Gasteiger partial charge in [0.05, 0.1) is 0 Å². The molecule has 0 spiro atoms. The van der Waals surface area contributed by atoms with Crippen molar-refractivity contribution in [3.8, 4) is 0 Å². The zero-order valence-corrected chi connectivity index (χ0v) is 33.9. The number of carbonyl (C=O) groups is 2. The molecule has 0 atom stereocenters. The van der Waals surface area contributed by atoms with Crippen molar-refractivity contribution in [1.29, 1.82) is 0 Å². The molecule has 0 radical (unpaired) electrons. The van der Waals surface area contributed by atoms with Gasteiger partial charge in [-0.05, 0) is 12.8 Å². The highest BCUT2D eigenvalue weighted by Crippen LogP contribution is 2.17. The van der Waals surface area contributed by atoms with Gasteiger partial charge < -0.3 is 4.74 Å². The molecule has 0 bridgehead atoms. The van der Waals surface area contributed by atoms with Crippen LogP contribution in [0.3, 0.4) is 0 Å². The van der Waals surface area contributed by atoms with Crippen LogP contribution in [0.5, 0.6) is 0 Å². The molecule has 3 nitrogen and oxygen atoms in total. The first-order chi connectivity index (χ1) is 24.2. The highest BCUT2D eigenvalue weighted by molar-refractivity contribution is 5.85. The van der Waals surface area contributed by atoms with Gasteiger partial charge in [-0.2, -0.15) is 0 Å². The van der Waals surface area contributed by atoms with Crippen molar-refractivity contribution in [2.75, 3.05) is 0 Å². The zero-order valence-electron chi connectivity index (χ0n) is 33.9. The maximum Gasteiger partial charge on any atom is 0.313 e. The van der Waals surface area contributed by atoms with Gasteiger partial charge in [-0.1, -0.05) is 258 Å². The summed E-state index contributed by atoms with van der Waals surface area (Å²) in [6.07, 6.45) is 54.8. The van der Waals surface area contributed by atoms with E-state index in [0.29, 0.717) is 12.8 Å². The summed E-state index contributed by atoms with van der Waals surface area (Å²) in [6.45, 7) is 4.58. The van der Waals surface area contributed by atoms with E-state index in [1.165, 1.54) is 231 Å². The molecule has 0 aromatic rings. The van der Waals surface area contributed by atoms with Crippen molar-refractivity contribution in [3.63, 3.8) is 0 Å². The van der Waals surface area contributed by atoms with Crippen molar-refractivity contribution >= 4 is 11.9 Å². The Morgan fingerprint density at radius 3 is 0.551 bits per heavy atom. The highest BCUT2D eigenvalue weighted by atomic mass is 16.6. The van der Waals surface area contributed by atoms with Gasteiger partial charge in [-0.3, -0.25) is 9.59 Å². The van der Waals surface area contributed by atoms with Gasteiger partial charge in [0.15, 0.2) is 0 Å². The van der Waals surface area contributed by atoms with Crippen LogP contribution in [0.1, 0.15) is 284 Å². The third-order valence-corrected chi connectivity index (χ3v) is 10.7. The highest BCUT2D eigenvalue weighted by Gasteiger charge is 2.10. The lowest BCUT2D eigenvalue weighted by Gasteiger charge is -2.05. The summed E-state index contributed by atoms with van der Waals surface area (Å²) in [4.78, 5) is 24.0. The molecule has 0 rings (SSSR count). The molecule has 0 aromatic heterocycles. The first-order valence-corrected chi connectivity index (χ1v) is 22.9. The molecular weight excluding hydrogens is 601 g/mol. The zero-order chi connectivity index (χ0) is 35.6. The monoisotopic (exact) mass is 691 g/mol. The number of hydrogen-bond donors (Lipinski definition) is 0. The van der Waals surface area contributed by atoms with E-state index in [1.54, 1.807) is 0 Å². The average Bonchev–Trinajstić information content (AvgIpc) is 3.10. The Balaban J connectivity index is 3.25. The van der Waals surface area contributed by atoms with Gasteiger partial charge in [0.1, 0.15) is 0 Å². The second kappa shape index (κ2) is 43.3. The van der Waals surface area contributed by atoms with Crippen LogP contribution in [-0.4, -0.2) is 11.9 Å². The maximum absolute atomic E-state index is 12.0.